The van der Waals surface area contributed by atoms with Crippen LogP contribution >= 0.6 is 0 Å². The van der Waals surface area contributed by atoms with Crippen molar-refractivity contribution in [1.82, 2.24) is 4.90 Å². The molecule has 0 atom stereocenters. The van der Waals surface area contributed by atoms with Gasteiger partial charge in [-0.3, -0.25) is 9.59 Å². The third-order valence-electron chi connectivity index (χ3n) is 4.77. The lowest BCUT2D eigenvalue weighted by atomic mass is 10.1. The molecule has 0 heterocycles. The number of hydrogen-bond donors (Lipinski definition) is 1. The summed E-state index contributed by atoms with van der Waals surface area (Å²) < 4.78 is 0. The maximum Gasteiger partial charge on any atom is 0.244 e. The zero-order valence-corrected chi connectivity index (χ0v) is 14.5. The molecule has 126 valence electrons. The first-order valence-electron chi connectivity index (χ1n) is 8.61. The minimum Gasteiger partial charge on any atom is -0.331 e. The fraction of sp³-hybridized carbons (Fsp3) is 0.579. The van der Waals surface area contributed by atoms with E-state index in [2.05, 4.69) is 5.32 Å². The summed E-state index contributed by atoms with van der Waals surface area (Å²) >= 11 is 0. The lowest BCUT2D eigenvalue weighted by molar-refractivity contribution is -0.135. The smallest absolute Gasteiger partial charge is 0.244 e. The van der Waals surface area contributed by atoms with Crippen LogP contribution in [0.3, 0.4) is 0 Å². The second-order valence-corrected chi connectivity index (χ2v) is 6.64. The Labute approximate surface area is 139 Å². The maximum atomic E-state index is 12.3. The molecule has 0 aliphatic heterocycles. The van der Waals surface area contributed by atoms with Crippen molar-refractivity contribution in [3.8, 4) is 0 Å². The van der Waals surface area contributed by atoms with E-state index in [1.165, 1.54) is 18.4 Å². The van der Waals surface area contributed by atoms with E-state index in [0.717, 1.165) is 36.9 Å². The van der Waals surface area contributed by atoms with Crippen LogP contribution in [-0.2, 0) is 9.59 Å². The van der Waals surface area contributed by atoms with Gasteiger partial charge >= 0.3 is 0 Å². The van der Waals surface area contributed by atoms with Crippen molar-refractivity contribution in [2.75, 3.05) is 11.9 Å². The van der Waals surface area contributed by atoms with Crippen molar-refractivity contribution < 1.29 is 9.59 Å². The molecule has 4 nitrogen and oxygen atoms in total. The van der Waals surface area contributed by atoms with Gasteiger partial charge in [0.15, 0.2) is 0 Å². The van der Waals surface area contributed by atoms with Gasteiger partial charge in [-0.25, -0.2) is 0 Å². The van der Waals surface area contributed by atoms with Crippen molar-refractivity contribution in [3.05, 3.63) is 29.3 Å². The lowest BCUT2D eigenvalue weighted by Gasteiger charge is -2.29. The van der Waals surface area contributed by atoms with Crippen LogP contribution in [0.4, 0.5) is 5.69 Å². The standard InChI is InChI=1S/C19H28N2O2/c1-14-10-11-17(12-15(14)2)20-19(23)13-21(16(3)22)18-8-6-4-5-7-9-18/h10-12,18H,4-9,13H2,1-3H3,(H,20,23). The molecule has 0 bridgehead atoms. The van der Waals surface area contributed by atoms with Crippen LogP contribution in [0.1, 0.15) is 56.6 Å². The predicted octanol–water partition coefficient (Wildman–Crippen LogP) is 3.81. The maximum absolute atomic E-state index is 12.3. The van der Waals surface area contributed by atoms with E-state index in [0.29, 0.717) is 0 Å². The Bertz CT molecular complexity index is 560. The zero-order chi connectivity index (χ0) is 16.8. The Morgan fingerprint density at radius 3 is 2.30 bits per heavy atom. The number of amides is 2. The van der Waals surface area contributed by atoms with E-state index >= 15 is 0 Å². The monoisotopic (exact) mass is 316 g/mol. The first-order valence-corrected chi connectivity index (χ1v) is 8.61. The number of nitrogens with zero attached hydrogens (tertiary/aromatic N) is 1. The quantitative estimate of drug-likeness (QED) is 0.859. The van der Waals surface area contributed by atoms with Crippen LogP contribution in [0.5, 0.6) is 0 Å². The highest BCUT2D eigenvalue weighted by Crippen LogP contribution is 2.22. The average molecular weight is 316 g/mol. The van der Waals surface area contributed by atoms with E-state index in [4.69, 9.17) is 0 Å². The Balaban J connectivity index is 1.99. The molecule has 2 amide bonds. The van der Waals surface area contributed by atoms with Crippen LogP contribution in [0.15, 0.2) is 18.2 Å². The molecule has 0 aromatic heterocycles. The van der Waals surface area contributed by atoms with Crippen molar-refractivity contribution in [1.29, 1.82) is 0 Å². The molecule has 1 fully saturated rings. The molecule has 1 saturated carbocycles. The molecule has 23 heavy (non-hydrogen) atoms. The van der Waals surface area contributed by atoms with Crippen LogP contribution in [-0.4, -0.2) is 29.3 Å². The minimum absolute atomic E-state index is 0.00728. The molecule has 4 heteroatoms. The number of benzene rings is 1. The second kappa shape index (κ2) is 8.14. The molecular weight excluding hydrogens is 288 g/mol. The van der Waals surface area contributed by atoms with E-state index in [9.17, 15) is 9.59 Å². The molecule has 2 rings (SSSR count). The Kier molecular flexibility index (Phi) is 6.20. The normalized spacial score (nSPS) is 15.8. The predicted molar refractivity (Wildman–Crippen MR) is 93.4 cm³/mol. The van der Waals surface area contributed by atoms with Gasteiger partial charge in [0.1, 0.15) is 6.54 Å². The van der Waals surface area contributed by atoms with E-state index in [1.807, 2.05) is 32.0 Å². The molecular formula is C19H28N2O2. The molecule has 0 unspecified atom stereocenters. The van der Waals surface area contributed by atoms with Gasteiger partial charge < -0.3 is 10.2 Å². The van der Waals surface area contributed by atoms with E-state index in [-0.39, 0.29) is 24.4 Å². The number of carbonyl (C=O) groups excluding carboxylic acids is 2. The highest BCUT2D eigenvalue weighted by atomic mass is 16.2. The highest BCUT2D eigenvalue weighted by Gasteiger charge is 2.24. The number of carbonyl (C=O) groups is 2. The van der Waals surface area contributed by atoms with Crippen molar-refractivity contribution in [2.45, 2.75) is 65.3 Å². The zero-order valence-electron chi connectivity index (χ0n) is 14.5. The largest absolute Gasteiger partial charge is 0.331 e. The Morgan fingerprint density at radius 2 is 1.74 bits per heavy atom. The van der Waals surface area contributed by atoms with Gasteiger partial charge in [0, 0.05) is 18.7 Å². The Hall–Kier alpha value is -1.84. The molecule has 1 aliphatic carbocycles. The third-order valence-corrected chi connectivity index (χ3v) is 4.77. The molecule has 0 radical (unpaired) electrons. The first-order chi connectivity index (χ1) is 11.0. The minimum atomic E-state index is -0.118. The second-order valence-electron chi connectivity index (χ2n) is 6.64. The van der Waals surface area contributed by atoms with Crippen LogP contribution in [0.2, 0.25) is 0 Å². The van der Waals surface area contributed by atoms with Gasteiger partial charge in [-0.2, -0.15) is 0 Å². The topological polar surface area (TPSA) is 49.4 Å². The highest BCUT2D eigenvalue weighted by molar-refractivity contribution is 5.94. The van der Waals surface area contributed by atoms with Crippen LogP contribution in [0, 0.1) is 13.8 Å². The van der Waals surface area contributed by atoms with Crippen LogP contribution < -0.4 is 5.32 Å². The summed E-state index contributed by atoms with van der Waals surface area (Å²) in [7, 11) is 0. The van der Waals surface area contributed by atoms with Crippen LogP contribution in [0.25, 0.3) is 0 Å². The Morgan fingerprint density at radius 1 is 1.09 bits per heavy atom. The van der Waals surface area contributed by atoms with Crippen molar-refractivity contribution >= 4 is 17.5 Å². The van der Waals surface area contributed by atoms with E-state index < -0.39 is 0 Å². The van der Waals surface area contributed by atoms with Gasteiger partial charge in [0.05, 0.1) is 0 Å². The summed E-state index contributed by atoms with van der Waals surface area (Å²) in [5.41, 5.74) is 3.14. The molecule has 1 aromatic carbocycles. The summed E-state index contributed by atoms with van der Waals surface area (Å²) in [5.74, 6) is -0.125. The summed E-state index contributed by atoms with van der Waals surface area (Å²) in [6, 6.07) is 6.08. The fourth-order valence-electron chi connectivity index (χ4n) is 3.24. The van der Waals surface area contributed by atoms with Gasteiger partial charge in [-0.1, -0.05) is 31.7 Å². The number of anilines is 1. The fourth-order valence-corrected chi connectivity index (χ4v) is 3.24. The summed E-state index contributed by atoms with van der Waals surface area (Å²) in [5, 5.41) is 2.92. The van der Waals surface area contributed by atoms with Gasteiger partial charge in [0.2, 0.25) is 11.8 Å². The first kappa shape index (κ1) is 17.5. The SMILES string of the molecule is CC(=O)N(CC(=O)Nc1ccc(C)c(C)c1)C1CCCCCC1. The van der Waals surface area contributed by atoms with Crippen molar-refractivity contribution in [3.63, 3.8) is 0 Å². The molecule has 1 N–H and O–H groups in total. The average Bonchev–Trinajstić information content (AvgIpc) is 2.77. The van der Waals surface area contributed by atoms with Gasteiger partial charge in [-0.05, 0) is 49.9 Å². The molecule has 0 saturated heterocycles. The lowest BCUT2D eigenvalue weighted by Crippen LogP contribution is -2.43. The summed E-state index contributed by atoms with van der Waals surface area (Å²) in [4.78, 5) is 26.1. The van der Waals surface area contributed by atoms with Gasteiger partial charge in [0.25, 0.3) is 0 Å². The number of hydrogen-bond acceptors (Lipinski definition) is 2. The molecule has 0 spiro atoms. The van der Waals surface area contributed by atoms with Crippen molar-refractivity contribution in [2.24, 2.45) is 0 Å². The number of aryl methyl sites for hydroxylation is 2. The van der Waals surface area contributed by atoms with Gasteiger partial charge in [-0.15, -0.1) is 0 Å². The summed E-state index contributed by atoms with van der Waals surface area (Å²) in [6.07, 6.45) is 6.78. The molecule has 1 aliphatic rings. The number of rotatable bonds is 4. The molecule has 1 aromatic rings. The van der Waals surface area contributed by atoms with E-state index in [1.54, 1.807) is 11.8 Å². The summed E-state index contributed by atoms with van der Waals surface area (Å²) in [6.45, 7) is 5.78. The number of nitrogens with one attached hydrogen (secondary N) is 1. The third kappa shape index (κ3) is 5.08.